The van der Waals surface area contributed by atoms with Crippen molar-refractivity contribution >= 4 is 39.2 Å². The first kappa shape index (κ1) is 18.2. The standard InChI is InChI=1S/C16H23N3O2S2/c1-5-21-8-6-7-17-14(20)12(4)23-16-13-10(2)11(3)22-15(13)18-9-19-16/h9,12H,5-8H2,1-4H3,(H,17,20). The van der Waals surface area contributed by atoms with Gasteiger partial charge in [-0.25, -0.2) is 9.97 Å². The third-order valence-electron chi connectivity index (χ3n) is 3.56. The van der Waals surface area contributed by atoms with Gasteiger partial charge in [0.1, 0.15) is 16.2 Å². The van der Waals surface area contributed by atoms with Crippen molar-refractivity contribution < 1.29 is 9.53 Å². The van der Waals surface area contributed by atoms with Crippen molar-refractivity contribution in [1.29, 1.82) is 0 Å². The number of hydrogen-bond donors (Lipinski definition) is 1. The van der Waals surface area contributed by atoms with Crippen molar-refractivity contribution in [2.75, 3.05) is 19.8 Å². The fraction of sp³-hybridized carbons (Fsp3) is 0.562. The molecule has 0 saturated heterocycles. The molecular weight excluding hydrogens is 330 g/mol. The van der Waals surface area contributed by atoms with Crippen LogP contribution < -0.4 is 5.32 Å². The molecule has 1 amide bonds. The van der Waals surface area contributed by atoms with Gasteiger partial charge in [-0.2, -0.15) is 0 Å². The Morgan fingerprint density at radius 2 is 2.22 bits per heavy atom. The molecule has 126 valence electrons. The van der Waals surface area contributed by atoms with Crippen LogP contribution in [0.4, 0.5) is 0 Å². The summed E-state index contributed by atoms with van der Waals surface area (Å²) in [6.45, 7) is 10.1. The van der Waals surface area contributed by atoms with E-state index in [-0.39, 0.29) is 11.2 Å². The van der Waals surface area contributed by atoms with Gasteiger partial charge in [0.05, 0.1) is 5.25 Å². The van der Waals surface area contributed by atoms with Gasteiger partial charge in [-0.3, -0.25) is 4.79 Å². The molecule has 2 rings (SSSR count). The van der Waals surface area contributed by atoms with E-state index in [1.165, 1.54) is 22.2 Å². The summed E-state index contributed by atoms with van der Waals surface area (Å²) in [4.78, 5) is 23.1. The summed E-state index contributed by atoms with van der Waals surface area (Å²) in [6, 6.07) is 0. The molecule has 0 fully saturated rings. The molecule has 5 nitrogen and oxygen atoms in total. The molecule has 0 aliphatic rings. The van der Waals surface area contributed by atoms with Crippen molar-refractivity contribution in [2.24, 2.45) is 0 Å². The summed E-state index contributed by atoms with van der Waals surface area (Å²) >= 11 is 3.16. The summed E-state index contributed by atoms with van der Waals surface area (Å²) in [5, 5.41) is 4.72. The average Bonchev–Trinajstić information content (AvgIpc) is 2.82. The molecule has 2 heterocycles. The van der Waals surface area contributed by atoms with E-state index in [1.807, 2.05) is 13.8 Å². The van der Waals surface area contributed by atoms with Crippen LogP contribution in [-0.2, 0) is 9.53 Å². The Morgan fingerprint density at radius 3 is 2.96 bits per heavy atom. The molecule has 0 bridgehead atoms. The van der Waals surface area contributed by atoms with Crippen LogP contribution in [-0.4, -0.2) is 40.9 Å². The molecule has 1 atom stereocenters. The summed E-state index contributed by atoms with van der Waals surface area (Å²) in [5.74, 6) is 0.0304. The second-order valence-corrected chi connectivity index (χ2v) is 7.78. The maximum absolute atomic E-state index is 12.2. The third-order valence-corrected chi connectivity index (χ3v) is 5.77. The first-order chi connectivity index (χ1) is 11.0. The number of amides is 1. The van der Waals surface area contributed by atoms with Gasteiger partial charge in [-0.05, 0) is 39.7 Å². The molecule has 0 radical (unpaired) electrons. The smallest absolute Gasteiger partial charge is 0.233 e. The Balaban J connectivity index is 1.97. The Kier molecular flexibility index (Phi) is 6.80. The van der Waals surface area contributed by atoms with Crippen LogP contribution in [0, 0.1) is 13.8 Å². The lowest BCUT2D eigenvalue weighted by molar-refractivity contribution is -0.120. The van der Waals surface area contributed by atoms with Crippen LogP contribution >= 0.6 is 23.1 Å². The van der Waals surface area contributed by atoms with Gasteiger partial charge in [0.15, 0.2) is 0 Å². The number of thioether (sulfide) groups is 1. The molecule has 2 aromatic rings. The first-order valence-corrected chi connectivity index (χ1v) is 9.47. The molecule has 0 spiro atoms. The van der Waals surface area contributed by atoms with Gasteiger partial charge >= 0.3 is 0 Å². The van der Waals surface area contributed by atoms with Crippen LogP contribution in [0.25, 0.3) is 10.2 Å². The highest BCUT2D eigenvalue weighted by molar-refractivity contribution is 8.00. The molecule has 2 aromatic heterocycles. The largest absolute Gasteiger partial charge is 0.382 e. The molecule has 0 aromatic carbocycles. The van der Waals surface area contributed by atoms with Crippen LogP contribution in [0.15, 0.2) is 11.4 Å². The maximum atomic E-state index is 12.2. The number of fused-ring (bicyclic) bond motifs is 1. The minimum Gasteiger partial charge on any atom is -0.382 e. The molecule has 7 heteroatoms. The SMILES string of the molecule is CCOCCCNC(=O)C(C)Sc1ncnc2sc(C)c(C)c12. The average molecular weight is 354 g/mol. The van der Waals surface area contributed by atoms with Crippen molar-refractivity contribution in [2.45, 2.75) is 44.4 Å². The minimum absolute atomic E-state index is 0.0304. The zero-order valence-corrected chi connectivity index (χ0v) is 15.6. The van der Waals surface area contributed by atoms with Crippen molar-refractivity contribution in [3.05, 3.63) is 16.8 Å². The fourth-order valence-corrected chi connectivity index (χ4v) is 4.20. The van der Waals surface area contributed by atoms with Crippen molar-refractivity contribution in [3.8, 4) is 0 Å². The molecule has 1 N–H and O–H groups in total. The highest BCUT2D eigenvalue weighted by Gasteiger charge is 2.19. The molecule has 0 aliphatic carbocycles. The van der Waals surface area contributed by atoms with Gasteiger partial charge < -0.3 is 10.1 Å². The first-order valence-electron chi connectivity index (χ1n) is 7.77. The molecular formula is C16H23N3O2S2. The Morgan fingerprint density at radius 1 is 1.43 bits per heavy atom. The van der Waals surface area contributed by atoms with Crippen LogP contribution in [0.3, 0.4) is 0 Å². The van der Waals surface area contributed by atoms with Crippen LogP contribution in [0.2, 0.25) is 0 Å². The highest BCUT2D eigenvalue weighted by Crippen LogP contribution is 2.35. The molecule has 1 unspecified atom stereocenters. The van der Waals surface area contributed by atoms with Crippen molar-refractivity contribution in [1.82, 2.24) is 15.3 Å². The Hall–Kier alpha value is -1.18. The predicted octanol–water partition coefficient (Wildman–Crippen LogP) is 3.33. The molecule has 0 saturated carbocycles. The number of thiophene rings is 1. The number of rotatable bonds is 8. The second kappa shape index (κ2) is 8.61. The minimum atomic E-state index is -0.195. The van der Waals surface area contributed by atoms with E-state index in [1.54, 1.807) is 17.7 Å². The summed E-state index contributed by atoms with van der Waals surface area (Å²) in [5.41, 5.74) is 1.21. The second-order valence-electron chi connectivity index (χ2n) is 5.24. The van der Waals surface area contributed by atoms with Gasteiger partial charge in [-0.1, -0.05) is 11.8 Å². The van der Waals surface area contributed by atoms with E-state index >= 15 is 0 Å². The summed E-state index contributed by atoms with van der Waals surface area (Å²) < 4.78 is 5.26. The normalized spacial score (nSPS) is 12.5. The van der Waals surface area contributed by atoms with Gasteiger partial charge in [0, 0.05) is 30.0 Å². The number of nitrogens with zero attached hydrogens (tertiary/aromatic N) is 2. The molecule has 0 aliphatic heterocycles. The number of hydrogen-bond acceptors (Lipinski definition) is 6. The molecule has 23 heavy (non-hydrogen) atoms. The topological polar surface area (TPSA) is 64.1 Å². The number of carbonyl (C=O) groups is 1. The number of ether oxygens (including phenoxy) is 1. The van der Waals surface area contributed by atoms with E-state index in [4.69, 9.17) is 4.74 Å². The van der Waals surface area contributed by atoms with E-state index < -0.39 is 0 Å². The van der Waals surface area contributed by atoms with Gasteiger partial charge in [0.2, 0.25) is 5.91 Å². The third kappa shape index (κ3) is 4.65. The summed E-state index contributed by atoms with van der Waals surface area (Å²) in [7, 11) is 0. The van der Waals surface area contributed by atoms with Crippen LogP contribution in [0.5, 0.6) is 0 Å². The van der Waals surface area contributed by atoms with E-state index in [0.29, 0.717) is 19.8 Å². The maximum Gasteiger partial charge on any atom is 0.233 e. The van der Waals surface area contributed by atoms with E-state index in [0.717, 1.165) is 21.7 Å². The number of aryl methyl sites for hydroxylation is 2. The monoisotopic (exact) mass is 353 g/mol. The number of carbonyl (C=O) groups excluding carboxylic acids is 1. The van der Waals surface area contributed by atoms with E-state index in [2.05, 4.69) is 29.1 Å². The predicted molar refractivity (Wildman–Crippen MR) is 96.3 cm³/mol. The quantitative estimate of drug-likeness (QED) is 0.448. The lowest BCUT2D eigenvalue weighted by Gasteiger charge is -2.12. The van der Waals surface area contributed by atoms with Gasteiger partial charge in [0.25, 0.3) is 0 Å². The summed E-state index contributed by atoms with van der Waals surface area (Å²) in [6.07, 6.45) is 2.41. The van der Waals surface area contributed by atoms with Crippen LogP contribution in [0.1, 0.15) is 30.7 Å². The lowest BCUT2D eigenvalue weighted by atomic mass is 10.2. The Bertz CT molecular complexity index is 673. The fourth-order valence-electron chi connectivity index (χ4n) is 2.13. The highest BCUT2D eigenvalue weighted by atomic mass is 32.2. The number of nitrogens with one attached hydrogen (secondary N) is 1. The van der Waals surface area contributed by atoms with Crippen molar-refractivity contribution in [3.63, 3.8) is 0 Å². The lowest BCUT2D eigenvalue weighted by Crippen LogP contribution is -2.32. The zero-order chi connectivity index (χ0) is 16.8. The van der Waals surface area contributed by atoms with E-state index in [9.17, 15) is 4.79 Å². The Labute approximate surface area is 145 Å². The number of aromatic nitrogens is 2. The zero-order valence-electron chi connectivity index (χ0n) is 14.0. The van der Waals surface area contributed by atoms with Gasteiger partial charge in [-0.15, -0.1) is 11.3 Å².